The number of amides is 4. The SMILES string of the molecule is CN(CCN(C)C(=O)c1ccc(O)cc1)C(=O)CCCC[C@@H]1SC[C@@H]2NC(=O)N[C@@H]21. The fraction of sp³-hybridized carbons (Fsp3) is 0.571. The van der Waals surface area contributed by atoms with Crippen LogP contribution in [0, 0.1) is 0 Å². The molecule has 0 spiro atoms. The second-order valence-electron chi connectivity index (χ2n) is 7.96. The van der Waals surface area contributed by atoms with Crippen LogP contribution in [0.5, 0.6) is 5.75 Å². The van der Waals surface area contributed by atoms with Crippen molar-refractivity contribution in [3.8, 4) is 5.75 Å². The summed E-state index contributed by atoms with van der Waals surface area (Å²) in [6, 6.07) is 6.52. The Labute approximate surface area is 181 Å². The Morgan fingerprint density at radius 3 is 2.53 bits per heavy atom. The Morgan fingerprint density at radius 2 is 1.80 bits per heavy atom. The first kappa shape index (κ1) is 22.3. The van der Waals surface area contributed by atoms with Gasteiger partial charge in [-0.3, -0.25) is 9.59 Å². The Kier molecular flexibility index (Phi) is 7.47. The molecule has 2 fully saturated rings. The third-order valence-electron chi connectivity index (χ3n) is 5.72. The Morgan fingerprint density at radius 1 is 1.10 bits per heavy atom. The van der Waals surface area contributed by atoms with E-state index in [2.05, 4.69) is 10.6 Å². The second kappa shape index (κ2) is 10.1. The maximum absolute atomic E-state index is 12.4. The van der Waals surface area contributed by atoms with Crippen LogP contribution in [0.15, 0.2) is 24.3 Å². The van der Waals surface area contributed by atoms with Crippen molar-refractivity contribution in [2.45, 2.75) is 43.0 Å². The number of unbranched alkanes of at least 4 members (excludes halogenated alkanes) is 1. The van der Waals surface area contributed by atoms with Gasteiger partial charge >= 0.3 is 6.03 Å². The van der Waals surface area contributed by atoms with Gasteiger partial charge < -0.3 is 25.5 Å². The molecule has 4 amide bonds. The molecule has 30 heavy (non-hydrogen) atoms. The molecule has 0 bridgehead atoms. The number of rotatable bonds is 9. The van der Waals surface area contributed by atoms with Crippen LogP contribution in [0.3, 0.4) is 0 Å². The first-order valence-electron chi connectivity index (χ1n) is 10.3. The lowest BCUT2D eigenvalue weighted by Gasteiger charge is -2.23. The molecule has 1 aromatic rings. The van der Waals surface area contributed by atoms with Crippen LogP contribution in [0.1, 0.15) is 36.0 Å². The predicted octanol–water partition coefficient (Wildman–Crippen LogP) is 1.65. The van der Waals surface area contributed by atoms with Gasteiger partial charge in [0.15, 0.2) is 0 Å². The van der Waals surface area contributed by atoms with E-state index in [1.807, 2.05) is 11.8 Å². The van der Waals surface area contributed by atoms with Crippen LogP contribution in [0.25, 0.3) is 0 Å². The van der Waals surface area contributed by atoms with Crippen molar-refractivity contribution in [3.05, 3.63) is 29.8 Å². The molecule has 0 radical (unpaired) electrons. The molecule has 1 aromatic carbocycles. The van der Waals surface area contributed by atoms with Gasteiger partial charge in [-0.2, -0.15) is 11.8 Å². The van der Waals surface area contributed by atoms with Gasteiger partial charge in [-0.25, -0.2) is 4.79 Å². The minimum atomic E-state index is -0.142. The zero-order valence-electron chi connectivity index (χ0n) is 17.5. The van der Waals surface area contributed by atoms with Crippen LogP contribution in [-0.4, -0.2) is 83.0 Å². The lowest BCUT2D eigenvalue weighted by atomic mass is 10.0. The molecule has 0 saturated carbocycles. The van der Waals surface area contributed by atoms with E-state index in [1.165, 1.54) is 12.1 Å². The maximum atomic E-state index is 12.4. The average molecular weight is 435 g/mol. The normalized spacial score (nSPS) is 22.2. The molecule has 3 N–H and O–H groups in total. The highest BCUT2D eigenvalue weighted by Gasteiger charge is 2.42. The van der Waals surface area contributed by atoms with Crippen LogP contribution in [0.4, 0.5) is 4.79 Å². The van der Waals surface area contributed by atoms with Gasteiger partial charge in [0.1, 0.15) is 5.75 Å². The van der Waals surface area contributed by atoms with E-state index < -0.39 is 0 Å². The van der Waals surface area contributed by atoms with Crippen molar-refractivity contribution in [2.24, 2.45) is 0 Å². The number of thioether (sulfide) groups is 1. The summed E-state index contributed by atoms with van der Waals surface area (Å²) in [5, 5.41) is 15.7. The quantitative estimate of drug-likeness (QED) is 0.405. The number of fused-ring (bicyclic) bond motifs is 1. The lowest BCUT2D eigenvalue weighted by Crippen LogP contribution is -2.37. The number of carbonyl (C=O) groups is 3. The number of urea groups is 1. The summed E-state index contributed by atoms with van der Waals surface area (Å²) in [5.74, 6) is 1.01. The van der Waals surface area contributed by atoms with E-state index in [9.17, 15) is 19.5 Å². The lowest BCUT2D eigenvalue weighted by molar-refractivity contribution is -0.130. The molecule has 0 unspecified atom stereocenters. The third-order valence-corrected chi connectivity index (χ3v) is 7.23. The molecule has 0 aromatic heterocycles. The van der Waals surface area contributed by atoms with Gasteiger partial charge in [0.25, 0.3) is 5.91 Å². The highest BCUT2D eigenvalue weighted by atomic mass is 32.2. The van der Waals surface area contributed by atoms with Crippen LogP contribution in [-0.2, 0) is 4.79 Å². The molecule has 2 saturated heterocycles. The van der Waals surface area contributed by atoms with E-state index in [0.29, 0.717) is 30.3 Å². The number of nitrogens with zero attached hydrogens (tertiary/aromatic N) is 2. The smallest absolute Gasteiger partial charge is 0.315 e. The van der Waals surface area contributed by atoms with E-state index in [0.717, 1.165) is 25.0 Å². The number of nitrogens with one attached hydrogen (secondary N) is 2. The molecule has 2 aliphatic heterocycles. The Bertz CT molecular complexity index is 773. The minimum Gasteiger partial charge on any atom is -0.508 e. The fourth-order valence-corrected chi connectivity index (χ4v) is 5.35. The third kappa shape index (κ3) is 5.59. The van der Waals surface area contributed by atoms with Crippen molar-refractivity contribution >= 4 is 29.6 Å². The van der Waals surface area contributed by atoms with Gasteiger partial charge in [-0.05, 0) is 37.1 Å². The van der Waals surface area contributed by atoms with E-state index >= 15 is 0 Å². The molecule has 3 rings (SSSR count). The summed E-state index contributed by atoms with van der Waals surface area (Å²) < 4.78 is 0. The number of benzene rings is 1. The predicted molar refractivity (Wildman–Crippen MR) is 117 cm³/mol. The zero-order chi connectivity index (χ0) is 21.7. The number of likely N-dealkylation sites (N-methyl/N-ethyl adjacent to an activating group) is 2. The molecular formula is C21H30N4O4S. The molecule has 0 aliphatic carbocycles. The number of phenolic OH excluding ortho intramolecular Hbond substituents is 1. The number of carbonyl (C=O) groups excluding carboxylic acids is 3. The highest BCUT2D eigenvalue weighted by Crippen LogP contribution is 2.33. The molecular weight excluding hydrogens is 404 g/mol. The molecule has 9 heteroatoms. The number of aromatic hydroxyl groups is 1. The van der Waals surface area contributed by atoms with Crippen LogP contribution in [0.2, 0.25) is 0 Å². The summed E-state index contributed by atoms with van der Waals surface area (Å²) in [6.45, 7) is 0.912. The monoisotopic (exact) mass is 434 g/mol. The first-order chi connectivity index (χ1) is 14.3. The molecule has 2 aliphatic rings. The first-order valence-corrected chi connectivity index (χ1v) is 11.4. The standard InChI is InChI=1S/C21H30N4O4S/c1-24(11-12-25(2)20(28)14-7-9-15(26)10-8-14)18(27)6-4-3-5-17-19-16(13-30-17)22-21(29)23-19/h7-10,16-17,19,26H,3-6,11-13H2,1-2H3,(H2,22,23,29)/t16-,17-,19-/m0/s1. The zero-order valence-corrected chi connectivity index (χ0v) is 18.3. The number of hydrogen-bond acceptors (Lipinski definition) is 5. The van der Waals surface area contributed by atoms with E-state index in [-0.39, 0.29) is 35.7 Å². The van der Waals surface area contributed by atoms with Crippen LogP contribution >= 0.6 is 11.8 Å². The molecule has 8 nitrogen and oxygen atoms in total. The van der Waals surface area contributed by atoms with Gasteiger partial charge in [0.05, 0.1) is 12.1 Å². The van der Waals surface area contributed by atoms with E-state index in [1.54, 1.807) is 36.0 Å². The Hall–Kier alpha value is -2.42. The van der Waals surface area contributed by atoms with Gasteiger partial charge in [-0.1, -0.05) is 6.42 Å². The average Bonchev–Trinajstić information content (AvgIpc) is 3.28. The van der Waals surface area contributed by atoms with Gasteiger partial charge in [-0.15, -0.1) is 0 Å². The van der Waals surface area contributed by atoms with Crippen molar-refractivity contribution in [3.63, 3.8) is 0 Å². The van der Waals surface area contributed by atoms with Crippen LogP contribution < -0.4 is 10.6 Å². The fourth-order valence-electron chi connectivity index (χ4n) is 3.81. The summed E-state index contributed by atoms with van der Waals surface area (Å²) in [5.41, 5.74) is 0.505. The van der Waals surface area contributed by atoms with E-state index in [4.69, 9.17) is 0 Å². The summed E-state index contributed by atoms with van der Waals surface area (Å²) >= 11 is 1.89. The number of phenols is 1. The molecule has 164 valence electrons. The van der Waals surface area contributed by atoms with Crippen molar-refractivity contribution in [2.75, 3.05) is 32.9 Å². The minimum absolute atomic E-state index is 0.0686. The second-order valence-corrected chi connectivity index (χ2v) is 9.23. The molecule has 3 atom stereocenters. The molecule has 2 heterocycles. The maximum Gasteiger partial charge on any atom is 0.315 e. The largest absolute Gasteiger partial charge is 0.508 e. The Balaban J connectivity index is 1.32. The van der Waals surface area contributed by atoms with Crippen molar-refractivity contribution < 1.29 is 19.5 Å². The van der Waals surface area contributed by atoms with Crippen molar-refractivity contribution in [1.29, 1.82) is 0 Å². The highest BCUT2D eigenvalue weighted by molar-refractivity contribution is 8.00. The summed E-state index contributed by atoms with van der Waals surface area (Å²) in [7, 11) is 3.47. The van der Waals surface area contributed by atoms with Gasteiger partial charge in [0.2, 0.25) is 5.91 Å². The van der Waals surface area contributed by atoms with Gasteiger partial charge in [0, 0.05) is 50.2 Å². The topological polar surface area (TPSA) is 102 Å². The summed E-state index contributed by atoms with van der Waals surface area (Å²) in [4.78, 5) is 39.4. The van der Waals surface area contributed by atoms with Crippen molar-refractivity contribution in [1.82, 2.24) is 20.4 Å². The summed E-state index contributed by atoms with van der Waals surface area (Å²) in [6.07, 6.45) is 3.26. The number of hydrogen-bond donors (Lipinski definition) is 3.